The Morgan fingerprint density at radius 2 is 1.80 bits per heavy atom. The van der Waals surface area contributed by atoms with Crippen molar-refractivity contribution in [2.24, 2.45) is 5.73 Å². The van der Waals surface area contributed by atoms with Gasteiger partial charge in [0, 0.05) is 17.8 Å². The molecule has 35 heavy (non-hydrogen) atoms. The van der Waals surface area contributed by atoms with Gasteiger partial charge in [-0.05, 0) is 48.0 Å². The van der Waals surface area contributed by atoms with Crippen molar-refractivity contribution in [3.63, 3.8) is 0 Å². The van der Waals surface area contributed by atoms with Crippen LogP contribution in [0.15, 0.2) is 59.6 Å². The molecule has 2 aromatic carbocycles. The third-order valence-corrected chi connectivity index (χ3v) is 5.72. The number of carboxylic acids is 1. The molecular formula is C23H17F2N3O6S. The number of allylic oxidation sites excluding steroid dienone is 1. The molecule has 0 saturated carbocycles. The number of methoxy groups -OCH3 is 1. The van der Waals surface area contributed by atoms with Gasteiger partial charge in [0.05, 0.1) is 23.9 Å². The van der Waals surface area contributed by atoms with Gasteiger partial charge in [-0.1, -0.05) is 6.07 Å². The lowest BCUT2D eigenvalue weighted by Gasteiger charge is -2.19. The lowest BCUT2D eigenvalue weighted by Crippen LogP contribution is -2.23. The molecule has 0 bridgehead atoms. The predicted molar refractivity (Wildman–Crippen MR) is 123 cm³/mol. The van der Waals surface area contributed by atoms with Crippen LogP contribution in [0.2, 0.25) is 0 Å². The van der Waals surface area contributed by atoms with Gasteiger partial charge in [-0.25, -0.2) is 22.8 Å². The number of hydrogen-bond donors (Lipinski definition) is 3. The number of Topliss-reactive ketones (excluding diaryl/α,β-unsaturated/α-hetero) is 1. The van der Waals surface area contributed by atoms with Gasteiger partial charge in [-0.3, -0.25) is 9.59 Å². The van der Waals surface area contributed by atoms with E-state index in [4.69, 9.17) is 15.6 Å². The number of nitrogens with two attached hydrogens (primary N) is 1. The van der Waals surface area contributed by atoms with Crippen molar-refractivity contribution in [1.82, 2.24) is 4.98 Å². The Morgan fingerprint density at radius 3 is 2.37 bits per heavy atom. The number of pyridine rings is 1. The molecule has 0 saturated heterocycles. The number of aromatic carboxylic acids is 1. The van der Waals surface area contributed by atoms with Crippen molar-refractivity contribution in [2.45, 2.75) is 0 Å². The number of ketones is 1. The van der Waals surface area contributed by atoms with Crippen molar-refractivity contribution in [2.75, 3.05) is 11.8 Å². The Labute approximate surface area is 199 Å². The summed E-state index contributed by atoms with van der Waals surface area (Å²) in [5.41, 5.74) is 5.72. The number of carboxylic acid groups (broad SMARTS) is 1. The Kier molecular flexibility index (Phi) is 7.66. The van der Waals surface area contributed by atoms with Crippen LogP contribution >= 0.6 is 0 Å². The van der Waals surface area contributed by atoms with E-state index in [9.17, 15) is 27.4 Å². The Hall–Kier alpha value is -4.45. The van der Waals surface area contributed by atoms with Crippen LogP contribution in [0.3, 0.4) is 0 Å². The molecule has 0 fully saturated rings. The van der Waals surface area contributed by atoms with Crippen LogP contribution in [-0.2, 0) is 11.0 Å². The van der Waals surface area contributed by atoms with E-state index in [1.165, 1.54) is 43.6 Å². The number of anilines is 1. The molecule has 1 aliphatic rings. The molecule has 2 heterocycles. The lowest BCUT2D eigenvalue weighted by molar-refractivity contribution is 0.0696. The fraction of sp³-hybridized carbons (Fsp3) is 0.0435. The summed E-state index contributed by atoms with van der Waals surface area (Å²) < 4.78 is 45.7. The zero-order chi connectivity index (χ0) is 25.7. The average Bonchev–Trinajstić information content (AvgIpc) is 2.84. The number of aromatic nitrogens is 1. The summed E-state index contributed by atoms with van der Waals surface area (Å²) in [5.74, 6) is -4.00. The minimum absolute atomic E-state index is 0.0448. The van der Waals surface area contributed by atoms with Crippen LogP contribution in [0.5, 0.6) is 5.88 Å². The normalized spacial score (nSPS) is 15.3. The fourth-order valence-electron chi connectivity index (χ4n) is 2.85. The topological polar surface area (TPSA) is 149 Å². The first-order chi connectivity index (χ1) is 16.6. The first kappa shape index (κ1) is 25.2. The first-order valence-corrected chi connectivity index (χ1v) is 10.8. The van der Waals surface area contributed by atoms with E-state index in [0.717, 1.165) is 12.1 Å². The highest BCUT2D eigenvalue weighted by molar-refractivity contribution is 7.91. The fourth-order valence-corrected chi connectivity index (χ4v) is 3.85. The molecule has 1 unspecified atom stereocenters. The number of hydrogen-bond acceptors (Lipinski definition) is 6. The smallest absolute Gasteiger partial charge is 0.335 e. The number of amides is 1. The standard InChI is InChI=1S/C16H9F2NO4S.C7H8N2O2/c17-11-3-1-8(5-12(11)18)6-14-15(20)10-7-9(16(21)22)2-4-13(10)19-24(14)23;1-11-6-3-2-5(4-9-6)7(8)10/h1-7,19H,(H,21,22);2-4H,1H3,(H2,8,10)/b14-6-;. The molecule has 1 atom stereocenters. The van der Waals surface area contributed by atoms with E-state index >= 15 is 0 Å². The maximum atomic E-state index is 13.3. The Balaban J connectivity index is 0.000000261. The largest absolute Gasteiger partial charge is 0.481 e. The summed E-state index contributed by atoms with van der Waals surface area (Å²) in [7, 11) is -0.395. The number of nitrogens with zero attached hydrogens (tertiary/aromatic N) is 1. The van der Waals surface area contributed by atoms with Crippen molar-refractivity contribution in [3.8, 4) is 5.88 Å². The number of primary amides is 1. The summed E-state index contributed by atoms with van der Waals surface area (Å²) in [6.07, 6.45) is 2.55. The monoisotopic (exact) mass is 501 g/mol. The summed E-state index contributed by atoms with van der Waals surface area (Å²) in [5, 5.41) is 9.00. The van der Waals surface area contributed by atoms with Crippen LogP contribution in [0.4, 0.5) is 14.5 Å². The first-order valence-electron chi connectivity index (χ1n) is 9.67. The van der Waals surface area contributed by atoms with Gasteiger partial charge in [0.2, 0.25) is 17.6 Å². The number of fused-ring (bicyclic) bond motifs is 1. The minimum atomic E-state index is -1.90. The molecule has 1 aliphatic heterocycles. The van der Waals surface area contributed by atoms with Crippen molar-refractivity contribution >= 4 is 40.4 Å². The molecule has 1 aromatic heterocycles. The highest BCUT2D eigenvalue weighted by Crippen LogP contribution is 2.29. The summed E-state index contributed by atoms with van der Waals surface area (Å²) in [6, 6.07) is 9.94. The maximum absolute atomic E-state index is 13.3. The second-order valence-corrected chi connectivity index (χ2v) is 8.08. The van der Waals surface area contributed by atoms with Crippen molar-refractivity contribution in [3.05, 3.63) is 93.5 Å². The zero-order valence-corrected chi connectivity index (χ0v) is 18.8. The van der Waals surface area contributed by atoms with Gasteiger partial charge in [0.1, 0.15) is 4.91 Å². The molecule has 180 valence electrons. The summed E-state index contributed by atoms with van der Waals surface area (Å²) >= 11 is 0. The van der Waals surface area contributed by atoms with Gasteiger partial charge >= 0.3 is 5.97 Å². The molecule has 0 aliphatic carbocycles. The van der Waals surface area contributed by atoms with Gasteiger partial charge in [-0.15, -0.1) is 0 Å². The van der Waals surface area contributed by atoms with E-state index in [0.29, 0.717) is 11.4 Å². The highest BCUT2D eigenvalue weighted by Gasteiger charge is 2.28. The molecule has 12 heteroatoms. The molecule has 3 aromatic rings. The van der Waals surface area contributed by atoms with E-state index in [2.05, 4.69) is 9.71 Å². The molecule has 4 N–H and O–H groups in total. The van der Waals surface area contributed by atoms with Crippen LogP contribution in [0.1, 0.15) is 36.6 Å². The maximum Gasteiger partial charge on any atom is 0.335 e. The minimum Gasteiger partial charge on any atom is -0.481 e. The SMILES string of the molecule is COc1ccc(C(N)=O)cn1.O=C(O)c1ccc2c(c1)C(=O)/C(=C/c1ccc(F)c(F)c1)S(=O)N2. The number of carbonyl (C=O) groups excluding carboxylic acids is 2. The molecule has 4 rings (SSSR count). The lowest BCUT2D eigenvalue weighted by atomic mass is 10.0. The second kappa shape index (κ2) is 10.7. The average molecular weight is 501 g/mol. The summed E-state index contributed by atoms with van der Waals surface area (Å²) in [6.45, 7) is 0. The third kappa shape index (κ3) is 5.92. The third-order valence-electron chi connectivity index (χ3n) is 4.61. The van der Waals surface area contributed by atoms with Gasteiger partial charge in [0.25, 0.3) is 0 Å². The molecule has 1 amide bonds. The number of halogens is 2. The van der Waals surface area contributed by atoms with E-state index in [1.54, 1.807) is 12.1 Å². The van der Waals surface area contributed by atoms with Crippen LogP contribution in [0.25, 0.3) is 6.08 Å². The number of carbonyl (C=O) groups is 3. The van der Waals surface area contributed by atoms with Crippen molar-refractivity contribution in [1.29, 1.82) is 0 Å². The number of nitrogens with one attached hydrogen (secondary N) is 1. The number of ether oxygens (including phenoxy) is 1. The molecule has 0 spiro atoms. The highest BCUT2D eigenvalue weighted by atomic mass is 32.2. The van der Waals surface area contributed by atoms with E-state index in [-0.39, 0.29) is 27.3 Å². The summed E-state index contributed by atoms with van der Waals surface area (Å²) in [4.78, 5) is 37.7. The Bertz CT molecular complexity index is 1380. The Morgan fingerprint density at radius 1 is 1.09 bits per heavy atom. The number of benzene rings is 2. The second-order valence-electron chi connectivity index (χ2n) is 6.90. The molecule has 0 radical (unpaired) electrons. The number of rotatable bonds is 4. The van der Waals surface area contributed by atoms with Gasteiger partial charge in [-0.2, -0.15) is 0 Å². The quantitative estimate of drug-likeness (QED) is 0.465. The predicted octanol–water partition coefficient (Wildman–Crippen LogP) is 3.17. The van der Waals surface area contributed by atoms with E-state index < -0.39 is 40.3 Å². The van der Waals surface area contributed by atoms with Crippen LogP contribution in [-0.4, -0.2) is 39.1 Å². The van der Waals surface area contributed by atoms with Gasteiger partial charge < -0.3 is 20.3 Å². The van der Waals surface area contributed by atoms with Crippen molar-refractivity contribution < 1.29 is 37.2 Å². The van der Waals surface area contributed by atoms with Crippen LogP contribution in [0, 0.1) is 11.6 Å². The molecular weight excluding hydrogens is 484 g/mol. The van der Waals surface area contributed by atoms with Gasteiger partial charge in [0.15, 0.2) is 22.6 Å². The molecule has 9 nitrogen and oxygen atoms in total. The zero-order valence-electron chi connectivity index (χ0n) is 18.0. The van der Waals surface area contributed by atoms with Crippen LogP contribution < -0.4 is 15.2 Å². The van der Waals surface area contributed by atoms with E-state index in [1.807, 2.05) is 0 Å².